The van der Waals surface area contributed by atoms with Crippen LogP contribution in [-0.4, -0.2) is 62.4 Å². The Balaban J connectivity index is 1.55. The van der Waals surface area contributed by atoms with Crippen molar-refractivity contribution in [1.82, 2.24) is 9.55 Å². The van der Waals surface area contributed by atoms with Gasteiger partial charge in [-0.25, -0.2) is 9.59 Å². The van der Waals surface area contributed by atoms with E-state index in [-0.39, 0.29) is 23.7 Å². The molecule has 4 rings (SSSR count). The molecule has 0 bridgehead atoms. The number of aliphatic hydroxyl groups is 2. The summed E-state index contributed by atoms with van der Waals surface area (Å²) in [5.74, 6) is -0.836. The molecule has 0 spiro atoms. The van der Waals surface area contributed by atoms with E-state index in [9.17, 15) is 30.2 Å². The smallest absolute Gasteiger partial charge is 0.395 e. The molecule has 0 aliphatic carbocycles. The number of para-hydroxylation sites is 2. The van der Waals surface area contributed by atoms with E-state index >= 15 is 0 Å². The first-order chi connectivity index (χ1) is 21.0. The highest BCUT2D eigenvalue weighted by atomic mass is 31.1. The van der Waals surface area contributed by atoms with Gasteiger partial charge in [-0.2, -0.15) is 4.98 Å². The number of nitrogens with two attached hydrogens (primary N) is 1. The first-order valence-electron chi connectivity index (χ1n) is 13.3. The van der Waals surface area contributed by atoms with Gasteiger partial charge in [0.25, 0.3) is 0 Å². The van der Waals surface area contributed by atoms with Gasteiger partial charge in [-0.3, -0.25) is 9.09 Å². The fraction of sp³-hybridized carbons (Fsp3) is 0.370. The summed E-state index contributed by atoms with van der Waals surface area (Å²) in [6.45, 7) is 2.69. The summed E-state index contributed by atoms with van der Waals surface area (Å²) in [5, 5.41) is 25.0. The number of ether oxygens (including phenoxy) is 3. The maximum Gasteiger partial charge on any atom is 0.395 e. The zero-order chi connectivity index (χ0) is 31.9. The van der Waals surface area contributed by atoms with Gasteiger partial charge in [0, 0.05) is 17.5 Å². The third-order valence-corrected chi connectivity index (χ3v) is 7.15. The number of aliphatic hydroxyl groups excluding tert-OH is 2. The van der Waals surface area contributed by atoms with Crippen LogP contribution in [0.2, 0.25) is 0 Å². The van der Waals surface area contributed by atoms with Gasteiger partial charge in [-0.05, 0) is 43.1 Å². The highest BCUT2D eigenvalue weighted by Gasteiger charge is 2.56. The molecule has 1 saturated heterocycles. The molecule has 0 radical (unpaired) electrons. The van der Waals surface area contributed by atoms with Gasteiger partial charge in [0.15, 0.2) is 18.0 Å². The van der Waals surface area contributed by atoms with E-state index in [0.717, 1.165) is 10.1 Å². The summed E-state index contributed by atoms with van der Waals surface area (Å²) in [6, 6.07) is 15.1. The van der Waals surface area contributed by atoms with Crippen LogP contribution in [0.3, 0.4) is 0 Å². The van der Waals surface area contributed by atoms with Crippen molar-refractivity contribution in [2.24, 2.45) is 9.86 Å². The van der Waals surface area contributed by atoms with Crippen molar-refractivity contribution in [3.05, 3.63) is 93.4 Å². The summed E-state index contributed by atoms with van der Waals surface area (Å²) in [7, 11) is -2.83. The number of benzene rings is 2. The number of nitrogens with zero attached hydrogens (tertiary/aromatic N) is 6. The lowest BCUT2D eigenvalue weighted by Gasteiger charge is -2.26. The predicted molar refractivity (Wildman–Crippen MR) is 154 cm³/mol. The minimum atomic E-state index is -2.83. The van der Waals surface area contributed by atoms with Crippen LogP contribution in [0.4, 0.5) is 5.82 Å². The van der Waals surface area contributed by atoms with Crippen molar-refractivity contribution in [1.29, 1.82) is 0 Å². The third-order valence-electron chi connectivity index (χ3n) is 6.33. The number of carbonyl (C=O) groups excluding carboxylic acids is 1. The summed E-state index contributed by atoms with van der Waals surface area (Å²) in [5.41, 5.74) is 12.4. The highest BCUT2D eigenvalue weighted by molar-refractivity contribution is 7.34. The van der Waals surface area contributed by atoms with Crippen molar-refractivity contribution in [3.63, 3.8) is 0 Å². The van der Waals surface area contributed by atoms with Crippen LogP contribution >= 0.6 is 8.17 Å². The molecule has 6 atom stereocenters. The molecular formula is C27H30N7O9P. The number of hydrogen-bond acceptors (Lipinski definition) is 13. The lowest BCUT2D eigenvalue weighted by molar-refractivity contribution is -0.170. The minimum absolute atomic E-state index is 0.0250. The minimum Gasteiger partial charge on any atom is -0.575 e. The van der Waals surface area contributed by atoms with E-state index in [1.807, 2.05) is 6.07 Å². The molecule has 0 saturated carbocycles. The average Bonchev–Trinajstić information content (AvgIpc) is 3.22. The Morgan fingerprint density at radius 1 is 1.20 bits per heavy atom. The highest BCUT2D eigenvalue weighted by Crippen LogP contribution is 2.40. The van der Waals surface area contributed by atoms with E-state index in [1.54, 1.807) is 50.2 Å². The Morgan fingerprint density at radius 2 is 1.89 bits per heavy atom. The number of nitrogen functional groups attached to an aromatic ring is 1. The molecular weight excluding hydrogens is 597 g/mol. The van der Waals surface area contributed by atoms with Crippen LogP contribution in [0.1, 0.15) is 25.6 Å². The predicted octanol–water partition coefficient (Wildman–Crippen LogP) is 1.96. The molecule has 1 aliphatic rings. The van der Waals surface area contributed by atoms with Crippen molar-refractivity contribution in [2.75, 3.05) is 12.3 Å². The lowest BCUT2D eigenvalue weighted by Crippen LogP contribution is -2.46. The Kier molecular flexibility index (Phi) is 10.5. The molecule has 2 aromatic carbocycles. The van der Waals surface area contributed by atoms with Crippen LogP contribution < -0.4 is 25.6 Å². The molecule has 44 heavy (non-hydrogen) atoms. The number of esters is 1. The second kappa shape index (κ2) is 14.3. The van der Waals surface area contributed by atoms with Gasteiger partial charge in [-0.1, -0.05) is 52.3 Å². The topological polar surface area (TPSA) is 240 Å². The number of anilines is 1. The molecule has 1 aliphatic heterocycles. The molecule has 232 valence electrons. The van der Waals surface area contributed by atoms with Gasteiger partial charge in [0.1, 0.15) is 24.6 Å². The lowest BCUT2D eigenvalue weighted by atomic mass is 10.1. The number of rotatable bonds is 12. The second-order valence-electron chi connectivity index (χ2n) is 9.89. The van der Waals surface area contributed by atoms with Crippen LogP contribution in [0.25, 0.3) is 10.4 Å². The molecule has 4 N–H and O–H groups in total. The molecule has 3 aromatic rings. The SMILES string of the molecule is CC(C)OC(=O)[C@H](Cc1ccccc1)N=[P+]([O-])Oc1ccccc1OC[C@@]1(N=[N+]=[N-])O[C@@H](n2ccc(N)nc2=O)[C@H](O)[C@@H]1O. The van der Waals surface area contributed by atoms with E-state index < -0.39 is 62.7 Å². The van der Waals surface area contributed by atoms with E-state index in [1.165, 1.54) is 24.4 Å². The summed E-state index contributed by atoms with van der Waals surface area (Å²) in [6.07, 6.45) is -4.20. The van der Waals surface area contributed by atoms with Crippen LogP contribution in [0.5, 0.6) is 11.5 Å². The van der Waals surface area contributed by atoms with E-state index in [0.29, 0.717) is 0 Å². The van der Waals surface area contributed by atoms with Crippen LogP contribution in [0, 0.1) is 0 Å². The largest absolute Gasteiger partial charge is 0.575 e. The molecule has 0 amide bonds. The standard InChI is InChI=1S/C27H30N7O9P/c1-16(2)41-25(37)18(14-17-8-4-3-5-9-17)31-44(39)43-20-11-7-6-10-19(20)40-15-27(32-33-29)23(36)22(35)24(42-27)34-13-12-21(28)30-26(34)38/h3-13,16,18,22-24,35-36H,14-15H2,1-2H3,(H2,28,30,38)/t18-,22+,23-,24+,27+/m0/s1. The van der Waals surface area contributed by atoms with Gasteiger partial charge >= 0.3 is 19.8 Å². The summed E-state index contributed by atoms with van der Waals surface area (Å²) < 4.78 is 27.2. The number of hydrogen-bond donors (Lipinski definition) is 3. The molecule has 1 aromatic heterocycles. The zero-order valence-electron chi connectivity index (χ0n) is 23.6. The van der Waals surface area contributed by atoms with Crippen LogP contribution in [0.15, 0.2) is 81.5 Å². The Labute approximate surface area is 251 Å². The average molecular weight is 628 g/mol. The normalized spacial score (nSPS) is 22.2. The maximum atomic E-state index is 13.0. The second-order valence-corrected chi connectivity index (χ2v) is 10.8. The van der Waals surface area contributed by atoms with Gasteiger partial charge < -0.3 is 35.1 Å². The quantitative estimate of drug-likeness (QED) is 0.0862. The van der Waals surface area contributed by atoms with E-state index in [4.69, 9.17) is 24.5 Å². The number of aromatic nitrogens is 2. The third kappa shape index (κ3) is 7.68. The van der Waals surface area contributed by atoms with Gasteiger partial charge in [-0.15, -0.1) is 0 Å². The van der Waals surface area contributed by atoms with Crippen LogP contribution in [-0.2, 0) is 20.7 Å². The number of carbonyl (C=O) groups is 1. The zero-order valence-corrected chi connectivity index (χ0v) is 24.5. The number of azide groups is 1. The van der Waals surface area contributed by atoms with Crippen molar-refractivity contribution >= 4 is 20.0 Å². The monoisotopic (exact) mass is 627 g/mol. The fourth-order valence-corrected chi connectivity index (χ4v) is 5.06. The summed E-state index contributed by atoms with van der Waals surface area (Å²) >= 11 is 0. The molecule has 16 nitrogen and oxygen atoms in total. The van der Waals surface area contributed by atoms with Crippen molar-refractivity contribution in [3.8, 4) is 11.5 Å². The fourth-order valence-electron chi connectivity index (χ4n) is 4.29. The Bertz CT molecular complexity index is 1600. The molecule has 2 heterocycles. The van der Waals surface area contributed by atoms with Crippen molar-refractivity contribution in [2.45, 2.75) is 56.6 Å². The first kappa shape index (κ1) is 32.4. The molecule has 1 fully saturated rings. The summed E-state index contributed by atoms with van der Waals surface area (Å²) in [4.78, 5) is 44.4. The Hall–Kier alpha value is -4.56. The Morgan fingerprint density at radius 3 is 2.55 bits per heavy atom. The molecule has 1 unspecified atom stereocenters. The van der Waals surface area contributed by atoms with Gasteiger partial charge in [0.05, 0.1) is 6.10 Å². The van der Waals surface area contributed by atoms with Crippen molar-refractivity contribution < 1.29 is 38.6 Å². The maximum absolute atomic E-state index is 13.0. The van der Waals surface area contributed by atoms with Gasteiger partial charge in [0.2, 0.25) is 11.5 Å². The first-order valence-corrected chi connectivity index (χ1v) is 14.4. The molecule has 17 heteroatoms. The van der Waals surface area contributed by atoms with E-state index in [2.05, 4.69) is 19.8 Å².